The molecular formula is C19H17N3O2. The Balaban J connectivity index is 1.51. The lowest BCUT2D eigenvalue weighted by Gasteiger charge is -2.06. The molecule has 4 rings (SSSR count). The van der Waals surface area contributed by atoms with Crippen LogP contribution in [0.25, 0.3) is 11.1 Å². The number of hydrogen-bond donors (Lipinski definition) is 1. The number of ether oxygens (including phenoxy) is 1. The fourth-order valence-corrected chi connectivity index (χ4v) is 2.71. The minimum Gasteiger partial charge on any atom is -0.436 e. The Morgan fingerprint density at radius 3 is 2.25 bits per heavy atom. The monoisotopic (exact) mass is 319 g/mol. The van der Waals surface area contributed by atoms with Crippen molar-refractivity contribution in [3.8, 4) is 22.8 Å². The standard InChI is InChI=1S/C19H17N3O2/c1-12(23)18-19(21-22-20-18)24-17-10-8-16(9-11-17)15-6-4-14(5-7-15)13-2-3-13/h4-11,13H,2-3H2,1H3,(H,20,21,22). The number of Topliss-reactive ketones (excluding diaryl/α,β-unsaturated/α-hetero) is 1. The molecule has 120 valence electrons. The van der Waals surface area contributed by atoms with Crippen LogP contribution in [0.15, 0.2) is 48.5 Å². The molecule has 0 radical (unpaired) electrons. The summed E-state index contributed by atoms with van der Waals surface area (Å²) in [5, 5.41) is 9.95. The second-order valence-electron chi connectivity index (χ2n) is 6.07. The molecule has 5 nitrogen and oxygen atoms in total. The van der Waals surface area contributed by atoms with Crippen molar-refractivity contribution in [2.75, 3.05) is 0 Å². The zero-order chi connectivity index (χ0) is 16.5. The smallest absolute Gasteiger partial charge is 0.269 e. The molecule has 3 aromatic rings. The number of carbonyl (C=O) groups is 1. The summed E-state index contributed by atoms with van der Waals surface area (Å²) < 4.78 is 5.63. The van der Waals surface area contributed by atoms with E-state index < -0.39 is 0 Å². The van der Waals surface area contributed by atoms with Crippen molar-refractivity contribution in [3.05, 3.63) is 59.8 Å². The van der Waals surface area contributed by atoms with Crippen molar-refractivity contribution in [1.29, 1.82) is 0 Å². The van der Waals surface area contributed by atoms with Gasteiger partial charge in [0, 0.05) is 6.92 Å². The van der Waals surface area contributed by atoms with Gasteiger partial charge in [-0.1, -0.05) is 46.7 Å². The first-order valence-electron chi connectivity index (χ1n) is 8.01. The number of aromatic amines is 1. The summed E-state index contributed by atoms with van der Waals surface area (Å²) in [6.07, 6.45) is 2.63. The molecule has 0 amide bonds. The van der Waals surface area contributed by atoms with Crippen LogP contribution in [0.2, 0.25) is 0 Å². The van der Waals surface area contributed by atoms with Crippen molar-refractivity contribution in [1.82, 2.24) is 15.4 Å². The Morgan fingerprint density at radius 2 is 1.67 bits per heavy atom. The molecule has 0 saturated heterocycles. The van der Waals surface area contributed by atoms with E-state index in [1.54, 1.807) is 0 Å². The molecule has 1 aliphatic rings. The lowest BCUT2D eigenvalue weighted by atomic mass is 10.0. The van der Waals surface area contributed by atoms with E-state index >= 15 is 0 Å². The van der Waals surface area contributed by atoms with Gasteiger partial charge in [0.25, 0.3) is 5.88 Å². The van der Waals surface area contributed by atoms with Crippen molar-refractivity contribution < 1.29 is 9.53 Å². The van der Waals surface area contributed by atoms with E-state index in [1.807, 2.05) is 24.3 Å². The number of nitrogens with one attached hydrogen (secondary N) is 1. The summed E-state index contributed by atoms with van der Waals surface area (Å²) in [5.74, 6) is 1.42. The van der Waals surface area contributed by atoms with Crippen LogP contribution in [0.1, 0.15) is 41.7 Å². The molecule has 1 aliphatic carbocycles. The molecule has 0 spiro atoms. The Bertz CT molecular complexity index is 862. The summed E-state index contributed by atoms with van der Waals surface area (Å²) in [7, 11) is 0. The maximum absolute atomic E-state index is 11.4. The van der Waals surface area contributed by atoms with Gasteiger partial charge < -0.3 is 4.74 Å². The number of rotatable bonds is 5. The van der Waals surface area contributed by atoms with Crippen molar-refractivity contribution in [2.24, 2.45) is 0 Å². The zero-order valence-electron chi connectivity index (χ0n) is 13.3. The third-order valence-electron chi connectivity index (χ3n) is 4.23. The molecule has 1 saturated carbocycles. The van der Waals surface area contributed by atoms with Gasteiger partial charge in [-0.25, -0.2) is 0 Å². The molecule has 0 atom stereocenters. The topological polar surface area (TPSA) is 67.9 Å². The Kier molecular flexibility index (Phi) is 3.61. The van der Waals surface area contributed by atoms with Crippen LogP contribution in [0, 0.1) is 0 Å². The lowest BCUT2D eigenvalue weighted by molar-refractivity contribution is 0.101. The average molecular weight is 319 g/mol. The summed E-state index contributed by atoms with van der Waals surface area (Å²) in [6.45, 7) is 1.44. The zero-order valence-corrected chi connectivity index (χ0v) is 13.3. The van der Waals surface area contributed by atoms with E-state index in [0.717, 1.165) is 11.5 Å². The quantitative estimate of drug-likeness (QED) is 0.710. The largest absolute Gasteiger partial charge is 0.436 e. The Morgan fingerprint density at radius 1 is 1.04 bits per heavy atom. The fourth-order valence-electron chi connectivity index (χ4n) is 2.71. The fraction of sp³-hybridized carbons (Fsp3) is 0.211. The van der Waals surface area contributed by atoms with E-state index in [2.05, 4.69) is 39.7 Å². The first kappa shape index (κ1) is 14.6. The molecule has 0 unspecified atom stereocenters. The van der Waals surface area contributed by atoms with E-state index in [9.17, 15) is 4.79 Å². The number of H-pyrrole nitrogens is 1. The van der Waals surface area contributed by atoms with Crippen molar-refractivity contribution in [2.45, 2.75) is 25.7 Å². The van der Waals surface area contributed by atoms with Crippen LogP contribution in [0.3, 0.4) is 0 Å². The summed E-state index contributed by atoms with van der Waals surface area (Å²) in [6, 6.07) is 16.5. The molecule has 1 heterocycles. The molecule has 24 heavy (non-hydrogen) atoms. The summed E-state index contributed by atoms with van der Waals surface area (Å²) in [4.78, 5) is 11.4. The van der Waals surface area contributed by atoms with Gasteiger partial charge in [-0.2, -0.15) is 0 Å². The van der Waals surface area contributed by atoms with Gasteiger partial charge in [-0.15, -0.1) is 0 Å². The maximum atomic E-state index is 11.4. The van der Waals surface area contributed by atoms with Gasteiger partial charge in [-0.3, -0.25) is 9.89 Å². The van der Waals surface area contributed by atoms with Crippen LogP contribution < -0.4 is 4.74 Å². The minimum atomic E-state index is -0.164. The van der Waals surface area contributed by atoms with Crippen LogP contribution in [0.5, 0.6) is 11.6 Å². The number of aromatic nitrogens is 3. The van der Waals surface area contributed by atoms with Crippen molar-refractivity contribution in [3.63, 3.8) is 0 Å². The molecular weight excluding hydrogens is 302 g/mol. The molecule has 2 aromatic carbocycles. The molecule has 1 N–H and O–H groups in total. The molecule has 0 aliphatic heterocycles. The highest BCUT2D eigenvalue weighted by Crippen LogP contribution is 2.40. The predicted octanol–water partition coefficient (Wildman–Crippen LogP) is 4.34. The van der Waals surface area contributed by atoms with Gasteiger partial charge in [0.1, 0.15) is 5.75 Å². The third-order valence-corrected chi connectivity index (χ3v) is 4.23. The van der Waals surface area contributed by atoms with Gasteiger partial charge in [0.15, 0.2) is 11.5 Å². The van der Waals surface area contributed by atoms with Crippen LogP contribution in [-0.4, -0.2) is 21.2 Å². The number of hydrogen-bond acceptors (Lipinski definition) is 4. The second kappa shape index (κ2) is 5.92. The average Bonchev–Trinajstić information content (AvgIpc) is 3.35. The van der Waals surface area contributed by atoms with E-state index in [4.69, 9.17) is 4.74 Å². The molecule has 0 bridgehead atoms. The molecule has 1 fully saturated rings. The normalized spacial score (nSPS) is 13.7. The Hall–Kier alpha value is -2.95. The van der Waals surface area contributed by atoms with Crippen molar-refractivity contribution >= 4 is 5.78 Å². The highest BCUT2D eigenvalue weighted by atomic mass is 16.5. The SMILES string of the molecule is CC(=O)c1[nH]nnc1Oc1ccc(-c2ccc(C3CC3)cc2)cc1. The minimum absolute atomic E-state index is 0.164. The van der Waals surface area contributed by atoms with Crippen LogP contribution in [0.4, 0.5) is 0 Å². The van der Waals surface area contributed by atoms with E-state index in [0.29, 0.717) is 5.75 Å². The van der Waals surface area contributed by atoms with Crippen LogP contribution in [-0.2, 0) is 0 Å². The second-order valence-corrected chi connectivity index (χ2v) is 6.07. The predicted molar refractivity (Wildman–Crippen MR) is 90.3 cm³/mol. The lowest BCUT2D eigenvalue weighted by Crippen LogP contribution is -1.96. The van der Waals surface area contributed by atoms with Gasteiger partial charge in [0.05, 0.1) is 0 Å². The highest BCUT2D eigenvalue weighted by Gasteiger charge is 2.22. The molecule has 1 aromatic heterocycles. The van der Waals surface area contributed by atoms with Crippen LogP contribution >= 0.6 is 0 Å². The number of carbonyl (C=O) groups excluding carboxylic acids is 1. The number of ketones is 1. The van der Waals surface area contributed by atoms with Gasteiger partial charge >= 0.3 is 0 Å². The van der Waals surface area contributed by atoms with E-state index in [-0.39, 0.29) is 17.4 Å². The Labute approximate surface area is 139 Å². The number of benzene rings is 2. The van der Waals surface area contributed by atoms with Gasteiger partial charge in [0.2, 0.25) is 0 Å². The molecule has 5 heteroatoms. The van der Waals surface area contributed by atoms with Gasteiger partial charge in [-0.05, 0) is 47.6 Å². The first-order valence-corrected chi connectivity index (χ1v) is 8.01. The summed E-state index contributed by atoms with van der Waals surface area (Å²) >= 11 is 0. The van der Waals surface area contributed by atoms with E-state index in [1.165, 1.54) is 30.9 Å². The summed E-state index contributed by atoms with van der Waals surface area (Å²) in [5.41, 5.74) is 4.00. The maximum Gasteiger partial charge on any atom is 0.269 e. The first-order chi connectivity index (χ1) is 11.7. The highest BCUT2D eigenvalue weighted by molar-refractivity contribution is 5.94. The third kappa shape index (κ3) is 2.93. The number of nitrogens with zero attached hydrogens (tertiary/aromatic N) is 2.